The van der Waals surface area contributed by atoms with Crippen LogP contribution in [0.25, 0.3) is 11.1 Å². The molecule has 1 fully saturated rings. The molecule has 1 aromatic heterocycles. The Bertz CT molecular complexity index is 624. The number of methoxy groups -OCH3 is 1. The van der Waals surface area contributed by atoms with Crippen LogP contribution in [0.4, 0.5) is 0 Å². The van der Waals surface area contributed by atoms with Crippen LogP contribution < -0.4 is 5.32 Å². The molecule has 2 atom stereocenters. The molecular weight excluding hydrogens is 288 g/mol. The highest BCUT2D eigenvalue weighted by Gasteiger charge is 2.45. The Kier molecular flexibility index (Phi) is 3.91. The number of aromatic nitrogens is 1. The zero-order chi connectivity index (χ0) is 14.9. The molecule has 1 aliphatic rings. The number of ether oxygens (including phenoxy) is 1. The van der Waals surface area contributed by atoms with Gasteiger partial charge < -0.3 is 14.5 Å². The van der Waals surface area contributed by atoms with Crippen molar-refractivity contribution in [2.75, 3.05) is 14.2 Å². The summed E-state index contributed by atoms with van der Waals surface area (Å²) < 4.78 is 10.7. The van der Waals surface area contributed by atoms with Gasteiger partial charge in [0.15, 0.2) is 5.58 Å². The molecule has 5 nitrogen and oxygen atoms in total. The van der Waals surface area contributed by atoms with Crippen LogP contribution in [0.5, 0.6) is 0 Å². The predicted octanol–water partition coefficient (Wildman–Crippen LogP) is 2.60. The van der Waals surface area contributed by atoms with E-state index < -0.39 is 5.54 Å². The minimum atomic E-state index is -0.571. The van der Waals surface area contributed by atoms with E-state index in [0.29, 0.717) is 10.5 Å². The molecule has 0 radical (unpaired) electrons. The molecule has 21 heavy (non-hydrogen) atoms. The lowest BCUT2D eigenvalue weighted by molar-refractivity contribution is -0.148. The fourth-order valence-corrected chi connectivity index (χ4v) is 4.03. The van der Waals surface area contributed by atoms with Crippen molar-refractivity contribution < 1.29 is 13.9 Å². The van der Waals surface area contributed by atoms with Crippen molar-refractivity contribution in [2.45, 2.75) is 35.3 Å². The second kappa shape index (κ2) is 5.69. The molecule has 0 amide bonds. The van der Waals surface area contributed by atoms with Gasteiger partial charge in [-0.3, -0.25) is 4.79 Å². The fourth-order valence-electron chi connectivity index (χ4n) is 2.85. The number of hydrogen-bond acceptors (Lipinski definition) is 6. The molecule has 2 unspecified atom stereocenters. The van der Waals surface area contributed by atoms with E-state index in [9.17, 15) is 4.79 Å². The van der Waals surface area contributed by atoms with Gasteiger partial charge in [0, 0.05) is 5.25 Å². The molecule has 0 bridgehead atoms. The lowest BCUT2D eigenvalue weighted by Gasteiger charge is -2.25. The molecule has 0 spiro atoms. The van der Waals surface area contributed by atoms with Gasteiger partial charge in [-0.1, -0.05) is 23.9 Å². The SMILES string of the molecule is CNC1(C(=O)OC)CCC(Sc2nc3ccccc3o2)C1. The minimum absolute atomic E-state index is 0.189. The Morgan fingerprint density at radius 2 is 2.33 bits per heavy atom. The summed E-state index contributed by atoms with van der Waals surface area (Å²) in [4.78, 5) is 16.4. The maximum Gasteiger partial charge on any atom is 0.326 e. The molecule has 1 aromatic carbocycles. The minimum Gasteiger partial charge on any atom is -0.468 e. The number of oxazole rings is 1. The predicted molar refractivity (Wildman–Crippen MR) is 81.3 cm³/mol. The van der Waals surface area contributed by atoms with Crippen LogP contribution in [0.3, 0.4) is 0 Å². The van der Waals surface area contributed by atoms with Crippen molar-refractivity contribution in [1.82, 2.24) is 10.3 Å². The lowest BCUT2D eigenvalue weighted by Crippen LogP contribution is -2.49. The van der Waals surface area contributed by atoms with Gasteiger partial charge in [0.25, 0.3) is 5.22 Å². The number of carbonyl (C=O) groups excluding carboxylic acids is 1. The van der Waals surface area contributed by atoms with Crippen LogP contribution in [0.2, 0.25) is 0 Å². The maximum absolute atomic E-state index is 12.0. The van der Waals surface area contributed by atoms with Crippen LogP contribution in [-0.2, 0) is 9.53 Å². The third-order valence-corrected chi connectivity index (χ3v) is 5.18. The number of rotatable bonds is 4. The number of fused-ring (bicyclic) bond motifs is 1. The summed E-state index contributed by atoms with van der Waals surface area (Å²) in [5.74, 6) is -0.189. The van der Waals surface area contributed by atoms with Crippen LogP contribution in [0.1, 0.15) is 19.3 Å². The number of hydrogen-bond donors (Lipinski definition) is 1. The van der Waals surface area contributed by atoms with Crippen molar-refractivity contribution in [3.63, 3.8) is 0 Å². The number of esters is 1. The number of thioether (sulfide) groups is 1. The molecule has 3 rings (SSSR count). The second-order valence-corrected chi connectivity index (χ2v) is 6.51. The van der Waals surface area contributed by atoms with Gasteiger partial charge >= 0.3 is 5.97 Å². The van der Waals surface area contributed by atoms with E-state index >= 15 is 0 Å². The monoisotopic (exact) mass is 306 g/mol. The highest BCUT2D eigenvalue weighted by atomic mass is 32.2. The van der Waals surface area contributed by atoms with Crippen LogP contribution in [-0.4, -0.2) is 35.9 Å². The quantitative estimate of drug-likeness (QED) is 0.876. The average molecular weight is 306 g/mol. The summed E-state index contributed by atoms with van der Waals surface area (Å²) in [5, 5.41) is 4.09. The number of para-hydroxylation sites is 2. The van der Waals surface area contributed by atoms with Crippen molar-refractivity contribution in [2.24, 2.45) is 0 Å². The van der Waals surface area contributed by atoms with Gasteiger partial charge in [0.05, 0.1) is 7.11 Å². The standard InChI is InChI=1S/C15H18N2O3S/c1-16-15(13(18)19-2)8-7-10(9-15)21-14-17-11-5-3-4-6-12(11)20-14/h3-6,10,16H,7-9H2,1-2H3. The van der Waals surface area contributed by atoms with E-state index in [0.717, 1.165) is 30.4 Å². The fraction of sp³-hybridized carbons (Fsp3) is 0.467. The van der Waals surface area contributed by atoms with Crippen LogP contribution in [0.15, 0.2) is 33.9 Å². The van der Waals surface area contributed by atoms with Crippen molar-refractivity contribution >= 4 is 28.8 Å². The molecule has 0 saturated heterocycles. The van der Waals surface area contributed by atoms with Gasteiger partial charge in [0.2, 0.25) is 0 Å². The van der Waals surface area contributed by atoms with Gasteiger partial charge in [-0.05, 0) is 38.4 Å². The third kappa shape index (κ3) is 2.65. The molecule has 1 N–H and O–H groups in total. The van der Waals surface area contributed by atoms with E-state index in [2.05, 4.69) is 10.3 Å². The molecule has 1 aliphatic carbocycles. The van der Waals surface area contributed by atoms with E-state index in [1.807, 2.05) is 31.3 Å². The largest absolute Gasteiger partial charge is 0.468 e. The molecule has 2 aromatic rings. The smallest absolute Gasteiger partial charge is 0.326 e. The Morgan fingerprint density at radius 3 is 3.05 bits per heavy atom. The first kappa shape index (κ1) is 14.4. The highest BCUT2D eigenvalue weighted by molar-refractivity contribution is 7.99. The summed E-state index contributed by atoms with van der Waals surface area (Å²) in [6.45, 7) is 0. The van der Waals surface area contributed by atoms with Crippen molar-refractivity contribution in [3.8, 4) is 0 Å². The zero-order valence-electron chi connectivity index (χ0n) is 12.1. The third-order valence-electron chi connectivity index (χ3n) is 4.07. The zero-order valence-corrected chi connectivity index (χ0v) is 12.9. The van der Waals surface area contributed by atoms with E-state index in [1.54, 1.807) is 11.8 Å². The first-order chi connectivity index (χ1) is 10.2. The highest BCUT2D eigenvalue weighted by Crippen LogP contribution is 2.41. The van der Waals surface area contributed by atoms with Crippen molar-refractivity contribution in [1.29, 1.82) is 0 Å². The van der Waals surface area contributed by atoms with Gasteiger partial charge in [-0.15, -0.1) is 0 Å². The first-order valence-corrected chi connectivity index (χ1v) is 7.84. The van der Waals surface area contributed by atoms with Gasteiger partial charge in [0.1, 0.15) is 11.1 Å². The number of benzene rings is 1. The molecule has 1 heterocycles. The van der Waals surface area contributed by atoms with Crippen molar-refractivity contribution in [3.05, 3.63) is 24.3 Å². The summed E-state index contributed by atoms with van der Waals surface area (Å²) in [7, 11) is 3.24. The Hall–Kier alpha value is -1.53. The summed E-state index contributed by atoms with van der Waals surface area (Å²) in [6.07, 6.45) is 2.42. The van der Waals surface area contributed by atoms with E-state index in [-0.39, 0.29) is 5.97 Å². The maximum atomic E-state index is 12.0. The lowest BCUT2D eigenvalue weighted by atomic mass is 9.98. The van der Waals surface area contributed by atoms with E-state index in [1.165, 1.54) is 7.11 Å². The molecule has 6 heteroatoms. The number of carbonyl (C=O) groups is 1. The van der Waals surface area contributed by atoms with Crippen LogP contribution >= 0.6 is 11.8 Å². The van der Waals surface area contributed by atoms with Gasteiger partial charge in [-0.2, -0.15) is 0 Å². The average Bonchev–Trinajstić information content (AvgIpc) is 3.10. The summed E-state index contributed by atoms with van der Waals surface area (Å²) in [6, 6.07) is 7.72. The Balaban J connectivity index is 1.73. The summed E-state index contributed by atoms with van der Waals surface area (Å²) >= 11 is 1.60. The first-order valence-electron chi connectivity index (χ1n) is 6.96. The normalized spacial score (nSPS) is 25.3. The molecule has 112 valence electrons. The van der Waals surface area contributed by atoms with Gasteiger partial charge in [-0.25, -0.2) is 4.98 Å². The second-order valence-electron chi connectivity index (χ2n) is 5.25. The Morgan fingerprint density at radius 1 is 1.52 bits per heavy atom. The van der Waals surface area contributed by atoms with E-state index in [4.69, 9.17) is 9.15 Å². The number of nitrogens with one attached hydrogen (secondary N) is 1. The molecule has 1 saturated carbocycles. The number of nitrogens with zero attached hydrogens (tertiary/aromatic N) is 1. The topological polar surface area (TPSA) is 64.4 Å². The molecular formula is C15H18N2O3S. The van der Waals surface area contributed by atoms with Crippen LogP contribution in [0, 0.1) is 0 Å². The molecule has 0 aliphatic heterocycles. The number of likely N-dealkylation sites (N-methyl/N-ethyl adjacent to an activating group) is 1. The Labute approximate surface area is 127 Å². The summed E-state index contributed by atoms with van der Waals surface area (Å²) in [5.41, 5.74) is 1.09.